The van der Waals surface area contributed by atoms with Crippen LogP contribution in [-0.4, -0.2) is 18.8 Å². The number of hydrogen-bond acceptors (Lipinski definition) is 5. The summed E-state index contributed by atoms with van der Waals surface area (Å²) < 4.78 is 37.3. The molecule has 1 atom stereocenters. The Balaban J connectivity index is -0.0000000730. The Hall–Kier alpha value is -2.00. The van der Waals surface area contributed by atoms with Gasteiger partial charge in [-0.05, 0) is 0 Å². The van der Waals surface area contributed by atoms with Gasteiger partial charge >= 0.3 is 6.68 Å². The van der Waals surface area contributed by atoms with Gasteiger partial charge in [-0.3, -0.25) is 0 Å². The molecule has 1 rings (SSSR count). The lowest BCUT2D eigenvalue weighted by atomic mass is 10.4. The van der Waals surface area contributed by atoms with Crippen molar-refractivity contribution in [1.82, 2.24) is 0 Å². The molecule has 1 unspecified atom stereocenters. The molecule has 1 aromatic carbocycles. The number of alkyl halides is 3. The molecular formula is C9H12F3N2O3P. The Kier molecular flexibility index (Phi) is 50.4. The quantitative estimate of drug-likeness (QED) is 0.435. The molecule has 2 N–H and O–H groups in total. The zero-order chi connectivity index (χ0) is 15.2. The molecule has 0 aliphatic carbocycles. The van der Waals surface area contributed by atoms with Crippen LogP contribution < -0.4 is 0 Å². The number of benzene rings is 1. The average molecular weight is 284 g/mol. The third-order valence-corrected chi connectivity index (χ3v) is 0.667. The topological polar surface area (TPSA) is 98.9 Å². The van der Waals surface area contributed by atoms with E-state index in [0.29, 0.717) is 9.12 Å². The Bertz CT molecular complexity index is 262. The van der Waals surface area contributed by atoms with Crippen molar-refractivity contribution < 1.29 is 27.3 Å². The van der Waals surface area contributed by atoms with E-state index in [1.807, 2.05) is 36.4 Å². The van der Waals surface area contributed by atoms with Gasteiger partial charge in [-0.15, -0.1) is 0 Å². The van der Waals surface area contributed by atoms with Crippen LogP contribution in [-0.2, 0) is 14.2 Å². The van der Waals surface area contributed by atoms with Gasteiger partial charge in [-0.25, -0.2) is 20.4 Å². The lowest BCUT2D eigenvalue weighted by Crippen LogP contribution is -1.65. The first-order valence-corrected chi connectivity index (χ1v) is 4.43. The molecule has 18 heavy (non-hydrogen) atoms. The van der Waals surface area contributed by atoms with Crippen molar-refractivity contribution in [3.63, 3.8) is 0 Å². The fraction of sp³-hybridized carbons (Fsp3) is 0.111. The standard InChI is InChI=1S/C6H6.CHF3.2CHNO.H3OP/c1-2-4-6-5-3-1;2-1(3)4;2*2-1-3;1-2/h1-6H;1H;2*2H;2H3. The van der Waals surface area contributed by atoms with Gasteiger partial charge in [0.2, 0.25) is 12.2 Å². The first-order chi connectivity index (χ1) is 8.56. The maximum absolute atomic E-state index is 9.67. The van der Waals surface area contributed by atoms with Crippen molar-refractivity contribution in [1.29, 1.82) is 10.8 Å². The maximum Gasteiger partial charge on any atom is 0.379 e. The van der Waals surface area contributed by atoms with Gasteiger partial charge in [0.25, 0.3) is 0 Å². The van der Waals surface area contributed by atoms with Crippen LogP contribution in [0.1, 0.15) is 0 Å². The van der Waals surface area contributed by atoms with Crippen LogP contribution in [0.4, 0.5) is 13.2 Å². The van der Waals surface area contributed by atoms with Crippen LogP contribution >= 0.6 is 9.12 Å². The van der Waals surface area contributed by atoms with Crippen molar-refractivity contribution in [3.05, 3.63) is 36.4 Å². The zero-order valence-electron chi connectivity index (χ0n) is 9.11. The van der Waals surface area contributed by atoms with Gasteiger partial charge in [0.15, 0.2) is 0 Å². The second-order valence-electron chi connectivity index (χ2n) is 1.61. The number of carbonyl (C=O) groups excluding carboxylic acids is 2. The summed E-state index contributed by atoms with van der Waals surface area (Å²) in [7, 11) is 0.611. The number of halogens is 3. The van der Waals surface area contributed by atoms with Crippen molar-refractivity contribution in [2.45, 2.75) is 6.68 Å². The van der Waals surface area contributed by atoms with Crippen molar-refractivity contribution >= 4 is 21.3 Å². The number of isocyanates is 2. The smallest absolute Gasteiger partial charge is 0.333 e. The second kappa shape index (κ2) is 36.3. The Labute approximate surface area is 103 Å². The molecule has 0 aliphatic heterocycles. The third kappa shape index (κ3) is 148. The van der Waals surface area contributed by atoms with E-state index in [9.17, 15) is 13.2 Å². The SMILES string of the molecule is FC(F)F.N=C=O.N=C=O.O=[PH3].c1ccccc1. The fourth-order valence-electron chi connectivity index (χ4n) is 0.385. The molecule has 0 bridgehead atoms. The number of nitrogens with one attached hydrogen (secondary N) is 2. The molecule has 1 aromatic rings. The summed E-state index contributed by atoms with van der Waals surface area (Å²) in [5.74, 6) is 0. The van der Waals surface area contributed by atoms with Crippen LogP contribution in [0.2, 0.25) is 0 Å². The van der Waals surface area contributed by atoms with E-state index < -0.39 is 6.68 Å². The highest BCUT2D eigenvalue weighted by Gasteiger charge is 1.86. The molecule has 0 aromatic heterocycles. The van der Waals surface area contributed by atoms with Gasteiger partial charge in [0, 0.05) is 0 Å². The summed E-state index contributed by atoms with van der Waals surface area (Å²) >= 11 is 0. The second-order valence-corrected chi connectivity index (χ2v) is 1.61. The van der Waals surface area contributed by atoms with Gasteiger partial charge in [0.1, 0.15) is 0 Å². The molecule has 0 saturated heterocycles. The first kappa shape index (κ1) is 25.0. The van der Waals surface area contributed by atoms with E-state index in [0.717, 1.165) is 12.2 Å². The minimum Gasteiger partial charge on any atom is -0.333 e. The third-order valence-electron chi connectivity index (χ3n) is 0.667. The predicted octanol–water partition coefficient (Wildman–Crippen LogP) is 2.61. The minimum absolute atomic E-state index is 0.611. The van der Waals surface area contributed by atoms with Crippen molar-refractivity contribution in [2.24, 2.45) is 0 Å². The summed E-state index contributed by atoms with van der Waals surface area (Å²) in [4.78, 5) is 16.7. The lowest BCUT2D eigenvalue weighted by Gasteiger charge is -1.69. The summed E-state index contributed by atoms with van der Waals surface area (Å²) in [6.07, 6.45) is 1.50. The predicted molar refractivity (Wildman–Crippen MR) is 62.2 cm³/mol. The number of hydrogen-bond donors (Lipinski definition) is 2. The van der Waals surface area contributed by atoms with E-state index in [1.165, 1.54) is 0 Å². The van der Waals surface area contributed by atoms with E-state index in [4.69, 9.17) is 25.0 Å². The lowest BCUT2D eigenvalue weighted by molar-refractivity contribution is 0.00819. The summed E-state index contributed by atoms with van der Waals surface area (Å²) in [5, 5.41) is 10.8. The number of rotatable bonds is 0. The van der Waals surface area contributed by atoms with Gasteiger partial charge in [-0.2, -0.15) is 13.2 Å². The highest BCUT2D eigenvalue weighted by atomic mass is 31.0. The molecule has 5 nitrogen and oxygen atoms in total. The maximum atomic E-state index is 9.67. The molecular weight excluding hydrogens is 272 g/mol. The molecule has 0 radical (unpaired) electrons. The monoisotopic (exact) mass is 284 g/mol. The molecule has 0 spiro atoms. The first-order valence-electron chi connectivity index (χ1n) is 3.85. The summed E-state index contributed by atoms with van der Waals surface area (Å²) in [6, 6.07) is 12.0. The Morgan fingerprint density at radius 1 is 0.778 bits per heavy atom. The van der Waals surface area contributed by atoms with Crippen LogP contribution in [0.5, 0.6) is 0 Å². The molecule has 9 heteroatoms. The zero-order valence-corrected chi connectivity index (χ0v) is 10.5. The van der Waals surface area contributed by atoms with E-state index >= 15 is 0 Å². The van der Waals surface area contributed by atoms with E-state index in [-0.39, 0.29) is 0 Å². The summed E-state index contributed by atoms with van der Waals surface area (Å²) in [5.41, 5.74) is 0. The van der Waals surface area contributed by atoms with Gasteiger partial charge in [0.05, 0.1) is 9.12 Å². The van der Waals surface area contributed by atoms with E-state index in [1.54, 1.807) is 0 Å². The van der Waals surface area contributed by atoms with Gasteiger partial charge < -0.3 is 4.57 Å². The van der Waals surface area contributed by atoms with Crippen LogP contribution in [0.15, 0.2) is 36.4 Å². The molecule has 102 valence electrons. The van der Waals surface area contributed by atoms with Crippen LogP contribution in [0.3, 0.4) is 0 Å². The Morgan fingerprint density at radius 2 is 0.833 bits per heavy atom. The molecule has 0 heterocycles. The molecule has 0 fully saturated rings. The largest absolute Gasteiger partial charge is 0.379 e. The molecule has 0 saturated carbocycles. The normalized spacial score (nSPS) is 6.00. The minimum atomic E-state index is -3.67. The highest BCUT2D eigenvalue weighted by Crippen LogP contribution is 1.87. The summed E-state index contributed by atoms with van der Waals surface area (Å²) in [6.45, 7) is -3.67. The fourth-order valence-corrected chi connectivity index (χ4v) is 0.385. The molecule has 0 aliphatic rings. The Morgan fingerprint density at radius 3 is 0.889 bits per heavy atom. The average Bonchev–Trinajstić information content (AvgIpc) is 2.35. The van der Waals surface area contributed by atoms with Crippen LogP contribution in [0, 0.1) is 10.8 Å². The highest BCUT2D eigenvalue weighted by molar-refractivity contribution is 7.00. The molecule has 0 amide bonds. The van der Waals surface area contributed by atoms with Gasteiger partial charge in [-0.1, -0.05) is 36.4 Å². The van der Waals surface area contributed by atoms with Crippen molar-refractivity contribution in [2.75, 3.05) is 0 Å². The van der Waals surface area contributed by atoms with Crippen LogP contribution in [0.25, 0.3) is 0 Å². The van der Waals surface area contributed by atoms with Crippen molar-refractivity contribution in [3.8, 4) is 0 Å². The van der Waals surface area contributed by atoms with E-state index in [2.05, 4.69) is 0 Å².